The van der Waals surface area contributed by atoms with E-state index in [1.165, 1.54) is 0 Å². The van der Waals surface area contributed by atoms with Gasteiger partial charge in [0.15, 0.2) is 23.1 Å². The van der Waals surface area contributed by atoms with Crippen LogP contribution in [-0.4, -0.2) is 29.6 Å². The molecule has 0 saturated heterocycles. The third-order valence-corrected chi connectivity index (χ3v) is 4.77. The molecule has 0 fully saturated rings. The Bertz CT molecular complexity index is 984. The summed E-state index contributed by atoms with van der Waals surface area (Å²) in [6.07, 6.45) is 2.43. The van der Waals surface area contributed by atoms with Crippen LogP contribution in [0.1, 0.15) is 17.9 Å². The molecule has 0 unspecified atom stereocenters. The van der Waals surface area contributed by atoms with Crippen molar-refractivity contribution in [3.8, 4) is 22.8 Å². The number of oxazole rings is 1. The normalized spacial score (nSPS) is 12.2. The fourth-order valence-corrected chi connectivity index (χ4v) is 3.11. The van der Waals surface area contributed by atoms with E-state index in [-0.39, 0.29) is 12.7 Å². The Morgan fingerprint density at radius 3 is 2.75 bits per heavy atom. The number of halogens is 1. The molecule has 6 nitrogen and oxygen atoms in total. The van der Waals surface area contributed by atoms with E-state index in [0.717, 1.165) is 16.9 Å². The van der Waals surface area contributed by atoms with Crippen LogP contribution in [0.15, 0.2) is 53.1 Å². The van der Waals surface area contributed by atoms with Crippen molar-refractivity contribution in [2.75, 3.05) is 13.8 Å². The summed E-state index contributed by atoms with van der Waals surface area (Å²) < 4.78 is 16.4. The quantitative estimate of drug-likeness (QED) is 0.618. The third-order valence-electron chi connectivity index (χ3n) is 4.52. The number of amides is 1. The van der Waals surface area contributed by atoms with Crippen molar-refractivity contribution in [2.24, 2.45) is 0 Å². The zero-order chi connectivity index (χ0) is 19.5. The van der Waals surface area contributed by atoms with Crippen molar-refractivity contribution >= 4 is 17.5 Å². The molecule has 144 valence electrons. The highest BCUT2D eigenvalue weighted by Crippen LogP contribution is 2.32. The predicted octanol–water partition coefficient (Wildman–Crippen LogP) is 4.31. The minimum absolute atomic E-state index is 0.0175. The largest absolute Gasteiger partial charge is 0.454 e. The molecule has 3 aromatic rings. The molecule has 28 heavy (non-hydrogen) atoms. The maximum atomic E-state index is 12.5. The number of fused-ring (bicyclic) bond motifs is 1. The van der Waals surface area contributed by atoms with Gasteiger partial charge in [-0.15, -0.1) is 0 Å². The molecule has 1 amide bonds. The molecule has 1 aliphatic heterocycles. The van der Waals surface area contributed by atoms with Crippen LogP contribution in [0, 0.1) is 0 Å². The highest BCUT2D eigenvalue weighted by atomic mass is 35.5. The van der Waals surface area contributed by atoms with Crippen molar-refractivity contribution < 1.29 is 18.7 Å². The molecule has 0 bridgehead atoms. The Kier molecular flexibility index (Phi) is 5.21. The Hall–Kier alpha value is -2.99. The van der Waals surface area contributed by atoms with Crippen molar-refractivity contribution in [3.05, 3.63) is 65.1 Å². The van der Waals surface area contributed by atoms with Gasteiger partial charge in [-0.05, 0) is 42.0 Å². The summed E-state index contributed by atoms with van der Waals surface area (Å²) in [5.41, 5.74) is 1.88. The fraction of sp³-hybridized carbons (Fsp3) is 0.238. The summed E-state index contributed by atoms with van der Waals surface area (Å²) in [5.74, 6) is 2.66. The van der Waals surface area contributed by atoms with Crippen LogP contribution in [0.25, 0.3) is 11.3 Å². The molecule has 2 heterocycles. The zero-order valence-electron chi connectivity index (χ0n) is 15.4. The van der Waals surface area contributed by atoms with Crippen LogP contribution in [-0.2, 0) is 17.8 Å². The second kappa shape index (κ2) is 7.94. The van der Waals surface area contributed by atoms with E-state index >= 15 is 0 Å². The first-order chi connectivity index (χ1) is 13.6. The van der Waals surface area contributed by atoms with E-state index in [4.69, 9.17) is 25.5 Å². The average molecular weight is 399 g/mol. The maximum Gasteiger partial charge on any atom is 0.231 e. The smallest absolute Gasteiger partial charge is 0.231 e. The van der Waals surface area contributed by atoms with Crippen molar-refractivity contribution in [3.63, 3.8) is 0 Å². The molecule has 7 heteroatoms. The molecule has 0 spiro atoms. The van der Waals surface area contributed by atoms with Gasteiger partial charge in [-0.2, -0.15) is 0 Å². The molecule has 1 aliphatic rings. The molecule has 0 radical (unpaired) electrons. The highest BCUT2D eigenvalue weighted by molar-refractivity contribution is 6.30. The van der Waals surface area contributed by atoms with E-state index in [0.29, 0.717) is 41.8 Å². The molecular weight excluding hydrogens is 380 g/mol. The van der Waals surface area contributed by atoms with Crippen molar-refractivity contribution in [2.45, 2.75) is 19.4 Å². The minimum Gasteiger partial charge on any atom is -0.454 e. The van der Waals surface area contributed by atoms with Gasteiger partial charge in [-0.3, -0.25) is 4.79 Å². The van der Waals surface area contributed by atoms with Gasteiger partial charge in [0.1, 0.15) is 0 Å². The SMILES string of the molecule is CN(Cc1ccc2c(c1)OCO2)C(=O)CCc1ncc(-c2ccc(Cl)cc2)o1. The van der Waals surface area contributed by atoms with Crippen LogP contribution < -0.4 is 9.47 Å². The minimum atomic E-state index is 0.0175. The summed E-state index contributed by atoms with van der Waals surface area (Å²) >= 11 is 5.90. The average Bonchev–Trinajstić information content (AvgIpc) is 3.35. The number of hydrogen-bond donors (Lipinski definition) is 0. The number of ether oxygens (including phenoxy) is 2. The van der Waals surface area contributed by atoms with Gasteiger partial charge in [0.25, 0.3) is 0 Å². The maximum absolute atomic E-state index is 12.5. The van der Waals surface area contributed by atoms with E-state index in [1.807, 2.05) is 30.3 Å². The van der Waals surface area contributed by atoms with E-state index in [1.54, 1.807) is 30.3 Å². The van der Waals surface area contributed by atoms with Gasteiger partial charge in [-0.1, -0.05) is 17.7 Å². The zero-order valence-corrected chi connectivity index (χ0v) is 16.1. The Balaban J connectivity index is 1.32. The molecule has 0 aliphatic carbocycles. The molecule has 2 aromatic carbocycles. The first-order valence-electron chi connectivity index (χ1n) is 8.91. The monoisotopic (exact) mass is 398 g/mol. The first-order valence-corrected chi connectivity index (χ1v) is 9.29. The number of aryl methyl sites for hydroxylation is 1. The molecule has 4 rings (SSSR count). The summed E-state index contributed by atoms with van der Waals surface area (Å²) in [6.45, 7) is 0.735. The number of carbonyl (C=O) groups excluding carboxylic acids is 1. The van der Waals surface area contributed by atoms with E-state index in [9.17, 15) is 4.79 Å². The summed E-state index contributed by atoms with van der Waals surface area (Å²) in [7, 11) is 1.78. The molecule has 0 N–H and O–H groups in total. The lowest BCUT2D eigenvalue weighted by Gasteiger charge is -2.17. The van der Waals surface area contributed by atoms with Crippen LogP contribution in [0.3, 0.4) is 0 Å². The van der Waals surface area contributed by atoms with Crippen LogP contribution in [0.2, 0.25) is 5.02 Å². The Morgan fingerprint density at radius 1 is 1.14 bits per heavy atom. The molecule has 0 saturated carbocycles. The Morgan fingerprint density at radius 2 is 1.93 bits per heavy atom. The lowest BCUT2D eigenvalue weighted by atomic mass is 10.2. The topological polar surface area (TPSA) is 64.8 Å². The van der Waals surface area contributed by atoms with Gasteiger partial charge in [-0.25, -0.2) is 4.98 Å². The second-order valence-electron chi connectivity index (χ2n) is 6.56. The van der Waals surface area contributed by atoms with Crippen LogP contribution in [0.4, 0.5) is 0 Å². The van der Waals surface area contributed by atoms with Gasteiger partial charge in [0.2, 0.25) is 12.7 Å². The number of rotatable bonds is 6. The van der Waals surface area contributed by atoms with Crippen LogP contribution >= 0.6 is 11.6 Å². The van der Waals surface area contributed by atoms with E-state index in [2.05, 4.69) is 4.98 Å². The standard InChI is InChI=1S/C21H19ClN2O4/c1-24(12-14-2-7-17-18(10-14)27-13-26-17)21(25)9-8-20-23-11-19(28-20)15-3-5-16(22)6-4-15/h2-7,10-11H,8-9,12-13H2,1H3. The number of nitrogens with zero attached hydrogens (tertiary/aromatic N) is 2. The fourth-order valence-electron chi connectivity index (χ4n) is 2.98. The van der Waals surface area contributed by atoms with E-state index < -0.39 is 0 Å². The number of hydrogen-bond acceptors (Lipinski definition) is 5. The van der Waals surface area contributed by atoms with Crippen LogP contribution in [0.5, 0.6) is 11.5 Å². The second-order valence-corrected chi connectivity index (χ2v) is 7.00. The number of aromatic nitrogens is 1. The molecular formula is C21H19ClN2O4. The summed E-state index contributed by atoms with van der Waals surface area (Å²) in [6, 6.07) is 13.0. The lowest BCUT2D eigenvalue weighted by molar-refractivity contribution is -0.130. The van der Waals surface area contributed by atoms with Gasteiger partial charge in [0.05, 0.1) is 6.20 Å². The first kappa shape index (κ1) is 18.4. The van der Waals surface area contributed by atoms with Gasteiger partial charge >= 0.3 is 0 Å². The predicted molar refractivity (Wildman–Crippen MR) is 104 cm³/mol. The third kappa shape index (κ3) is 4.12. The summed E-state index contributed by atoms with van der Waals surface area (Å²) in [4.78, 5) is 18.4. The highest BCUT2D eigenvalue weighted by Gasteiger charge is 2.16. The molecule has 1 aromatic heterocycles. The van der Waals surface area contributed by atoms with Gasteiger partial charge in [0, 0.05) is 37.0 Å². The number of carbonyl (C=O) groups is 1. The van der Waals surface area contributed by atoms with Crippen molar-refractivity contribution in [1.82, 2.24) is 9.88 Å². The summed E-state index contributed by atoms with van der Waals surface area (Å²) in [5, 5.41) is 0.666. The lowest BCUT2D eigenvalue weighted by Crippen LogP contribution is -2.26. The molecule has 0 atom stereocenters. The Labute approximate surface area is 167 Å². The van der Waals surface area contributed by atoms with Gasteiger partial charge < -0.3 is 18.8 Å². The number of benzene rings is 2. The van der Waals surface area contributed by atoms with Crippen molar-refractivity contribution in [1.29, 1.82) is 0 Å².